The van der Waals surface area contributed by atoms with E-state index >= 15 is 0 Å². The van der Waals surface area contributed by atoms with Crippen LogP contribution in [0.25, 0.3) is 10.4 Å². The number of anilines is 1. The van der Waals surface area contributed by atoms with Crippen LogP contribution in [0.4, 0.5) is 5.69 Å². The highest BCUT2D eigenvalue weighted by atomic mass is 16.6. The van der Waals surface area contributed by atoms with E-state index in [2.05, 4.69) is 20.7 Å². The Kier molecular flexibility index (Phi) is 11.4. The molecular weight excluding hydrogens is 472 g/mol. The molecule has 3 amide bonds. The van der Waals surface area contributed by atoms with Crippen molar-refractivity contribution >= 4 is 23.4 Å². The zero-order valence-corrected chi connectivity index (χ0v) is 20.1. The molecule has 196 valence electrons. The summed E-state index contributed by atoms with van der Waals surface area (Å²) in [5.41, 5.74) is 10.4. The summed E-state index contributed by atoms with van der Waals surface area (Å²) in [7, 11) is 0. The first-order valence-electron chi connectivity index (χ1n) is 11.9. The number of rotatable bonds is 17. The fourth-order valence-electron chi connectivity index (χ4n) is 3.92. The molecule has 1 aromatic rings. The summed E-state index contributed by atoms with van der Waals surface area (Å²) in [6, 6.07) is 4.83. The van der Waals surface area contributed by atoms with Crippen molar-refractivity contribution in [3.63, 3.8) is 0 Å². The highest BCUT2D eigenvalue weighted by Crippen LogP contribution is 2.32. The Bertz CT molecular complexity index is 953. The molecule has 2 N–H and O–H groups in total. The Labute approximate surface area is 209 Å². The molecule has 13 heteroatoms. The molecule has 2 aliphatic heterocycles. The van der Waals surface area contributed by atoms with Gasteiger partial charge in [0.25, 0.3) is 5.91 Å². The Balaban J connectivity index is 1.25. The summed E-state index contributed by atoms with van der Waals surface area (Å²) >= 11 is 0. The normalized spacial score (nSPS) is 17.1. The van der Waals surface area contributed by atoms with Crippen molar-refractivity contribution in [2.45, 2.75) is 25.4 Å². The lowest BCUT2D eigenvalue weighted by molar-refractivity contribution is -0.136. The SMILES string of the molecule is [N-]=[N+]=NCCOCCOCCOCCOCCNc1cccc2c1CN(C1CCC(=O)NC1=O)C2=O. The average molecular weight is 505 g/mol. The number of ether oxygens (including phenoxy) is 4. The van der Waals surface area contributed by atoms with Gasteiger partial charge in [-0.15, -0.1) is 0 Å². The van der Waals surface area contributed by atoms with Crippen LogP contribution in [0.1, 0.15) is 28.8 Å². The molecule has 0 radical (unpaired) electrons. The first-order chi connectivity index (χ1) is 17.6. The van der Waals surface area contributed by atoms with E-state index in [1.807, 2.05) is 6.07 Å². The van der Waals surface area contributed by atoms with E-state index in [1.165, 1.54) is 4.90 Å². The number of carbonyl (C=O) groups excluding carboxylic acids is 3. The van der Waals surface area contributed by atoms with Gasteiger partial charge in [0.1, 0.15) is 6.04 Å². The lowest BCUT2D eigenvalue weighted by Crippen LogP contribution is -2.52. The van der Waals surface area contributed by atoms with Crippen LogP contribution < -0.4 is 10.6 Å². The number of benzene rings is 1. The number of hydrogen-bond acceptors (Lipinski definition) is 9. The summed E-state index contributed by atoms with van der Waals surface area (Å²) in [6.07, 6.45) is 0.565. The van der Waals surface area contributed by atoms with Crippen LogP contribution in [-0.2, 0) is 35.1 Å². The van der Waals surface area contributed by atoms with E-state index in [0.29, 0.717) is 84.5 Å². The van der Waals surface area contributed by atoms with Crippen molar-refractivity contribution in [1.82, 2.24) is 10.2 Å². The average Bonchev–Trinajstić information content (AvgIpc) is 3.20. The summed E-state index contributed by atoms with van der Waals surface area (Å²) in [5, 5.41) is 8.98. The maximum absolute atomic E-state index is 12.9. The van der Waals surface area contributed by atoms with E-state index < -0.39 is 11.9 Å². The fraction of sp³-hybridized carbons (Fsp3) is 0.609. The van der Waals surface area contributed by atoms with Gasteiger partial charge in [0, 0.05) is 47.8 Å². The summed E-state index contributed by atoms with van der Waals surface area (Å²) in [4.78, 5) is 40.7. The van der Waals surface area contributed by atoms with Gasteiger partial charge in [-0.2, -0.15) is 0 Å². The topological polar surface area (TPSA) is 164 Å². The minimum absolute atomic E-state index is 0.196. The Morgan fingerprint density at radius 1 is 1.00 bits per heavy atom. The monoisotopic (exact) mass is 504 g/mol. The minimum Gasteiger partial charge on any atom is -0.382 e. The van der Waals surface area contributed by atoms with Crippen molar-refractivity contribution in [2.75, 3.05) is 71.3 Å². The molecule has 0 aromatic heterocycles. The van der Waals surface area contributed by atoms with Gasteiger partial charge in [0.05, 0.1) is 52.9 Å². The van der Waals surface area contributed by atoms with Gasteiger partial charge in [-0.25, -0.2) is 0 Å². The lowest BCUT2D eigenvalue weighted by atomic mass is 10.0. The molecule has 1 saturated heterocycles. The number of carbonyl (C=O) groups is 3. The molecule has 0 bridgehead atoms. The highest BCUT2D eigenvalue weighted by Gasteiger charge is 2.39. The molecular formula is C23H32N6O7. The number of nitrogens with one attached hydrogen (secondary N) is 2. The Morgan fingerprint density at radius 3 is 2.33 bits per heavy atom. The fourth-order valence-corrected chi connectivity index (χ4v) is 3.92. The molecule has 2 heterocycles. The van der Waals surface area contributed by atoms with E-state index in [4.69, 9.17) is 24.5 Å². The Hall–Kier alpha value is -3.22. The molecule has 13 nitrogen and oxygen atoms in total. The second kappa shape index (κ2) is 15.0. The predicted molar refractivity (Wildman–Crippen MR) is 128 cm³/mol. The van der Waals surface area contributed by atoms with E-state index in [-0.39, 0.29) is 18.2 Å². The van der Waals surface area contributed by atoms with E-state index in [1.54, 1.807) is 12.1 Å². The zero-order valence-electron chi connectivity index (χ0n) is 20.1. The zero-order chi connectivity index (χ0) is 25.6. The van der Waals surface area contributed by atoms with E-state index in [9.17, 15) is 14.4 Å². The van der Waals surface area contributed by atoms with Crippen LogP contribution in [0.5, 0.6) is 0 Å². The third-order valence-electron chi connectivity index (χ3n) is 5.66. The second-order valence-corrected chi connectivity index (χ2v) is 8.06. The maximum Gasteiger partial charge on any atom is 0.255 e. The van der Waals surface area contributed by atoms with Gasteiger partial charge in [0.2, 0.25) is 11.8 Å². The van der Waals surface area contributed by atoms with Crippen LogP contribution in [0.15, 0.2) is 23.3 Å². The van der Waals surface area contributed by atoms with Crippen LogP contribution in [0.2, 0.25) is 0 Å². The van der Waals surface area contributed by atoms with E-state index in [0.717, 1.165) is 11.3 Å². The third kappa shape index (κ3) is 8.18. The number of imide groups is 1. The van der Waals surface area contributed by atoms with Gasteiger partial charge in [-0.3, -0.25) is 19.7 Å². The van der Waals surface area contributed by atoms with Crippen LogP contribution >= 0.6 is 0 Å². The molecule has 0 aliphatic carbocycles. The summed E-state index contributed by atoms with van der Waals surface area (Å²) in [5.74, 6) is -0.918. The summed E-state index contributed by atoms with van der Waals surface area (Å²) in [6.45, 7) is 4.69. The third-order valence-corrected chi connectivity index (χ3v) is 5.66. The first-order valence-corrected chi connectivity index (χ1v) is 11.9. The van der Waals surface area contributed by atoms with Crippen molar-refractivity contribution in [2.24, 2.45) is 5.11 Å². The molecule has 1 atom stereocenters. The summed E-state index contributed by atoms with van der Waals surface area (Å²) < 4.78 is 21.6. The molecule has 1 unspecified atom stereocenters. The van der Waals surface area contributed by atoms with Crippen molar-refractivity contribution in [3.8, 4) is 0 Å². The molecule has 0 saturated carbocycles. The van der Waals surface area contributed by atoms with Crippen molar-refractivity contribution in [3.05, 3.63) is 39.8 Å². The molecule has 1 fully saturated rings. The van der Waals surface area contributed by atoms with Gasteiger partial charge < -0.3 is 29.2 Å². The molecule has 1 aromatic carbocycles. The molecule has 0 spiro atoms. The molecule has 3 rings (SSSR count). The van der Waals surface area contributed by atoms with Crippen LogP contribution in [0, 0.1) is 0 Å². The van der Waals surface area contributed by atoms with Gasteiger partial charge in [-0.05, 0) is 24.1 Å². The van der Waals surface area contributed by atoms with Gasteiger partial charge >= 0.3 is 0 Å². The minimum atomic E-state index is -0.632. The van der Waals surface area contributed by atoms with Crippen molar-refractivity contribution in [1.29, 1.82) is 0 Å². The second-order valence-electron chi connectivity index (χ2n) is 8.06. The molecule has 36 heavy (non-hydrogen) atoms. The van der Waals surface area contributed by atoms with Crippen LogP contribution in [0.3, 0.4) is 0 Å². The smallest absolute Gasteiger partial charge is 0.255 e. The lowest BCUT2D eigenvalue weighted by Gasteiger charge is -2.29. The first kappa shape index (κ1) is 27.4. The highest BCUT2D eigenvalue weighted by molar-refractivity contribution is 6.06. The number of nitrogens with zero attached hydrogens (tertiary/aromatic N) is 4. The standard InChI is InChI=1S/C23H32N6O7/c24-28-26-7-9-34-11-13-36-15-14-35-12-10-33-8-6-25-19-3-1-2-17-18(19)16-29(23(17)32)20-4-5-21(30)27-22(20)31/h1-3,20,25H,4-16H2,(H,27,30,31). The van der Waals surface area contributed by atoms with Crippen molar-refractivity contribution < 1.29 is 33.3 Å². The number of piperidine rings is 1. The quantitative estimate of drug-likeness (QED) is 0.105. The largest absolute Gasteiger partial charge is 0.382 e. The van der Waals surface area contributed by atoms with Crippen LogP contribution in [-0.4, -0.2) is 94.6 Å². The van der Waals surface area contributed by atoms with Gasteiger partial charge in [0.15, 0.2) is 0 Å². The Morgan fingerprint density at radius 2 is 1.67 bits per heavy atom. The van der Waals surface area contributed by atoms with Gasteiger partial charge in [-0.1, -0.05) is 11.2 Å². The maximum atomic E-state index is 12.9. The number of amides is 3. The number of fused-ring (bicyclic) bond motifs is 1. The predicted octanol–water partition coefficient (Wildman–Crippen LogP) is 1.24. The molecule has 2 aliphatic rings. The number of azide groups is 1. The number of hydrogen-bond donors (Lipinski definition) is 2.